The summed E-state index contributed by atoms with van der Waals surface area (Å²) in [6.45, 7) is 3.08. The number of hydrogen-bond donors (Lipinski definition) is 0. The van der Waals surface area contributed by atoms with Crippen molar-refractivity contribution in [1.29, 1.82) is 0 Å². The first-order chi connectivity index (χ1) is 4.04. The molecule has 0 aromatic rings. The minimum Gasteiger partial charge on any atom is -0.243 e. The van der Waals surface area contributed by atoms with Crippen LogP contribution >= 0.6 is 0 Å². The lowest BCUT2D eigenvalue weighted by atomic mass is 11.0. The topological polar surface area (TPSA) is 51.2 Å². The first kappa shape index (κ1) is 9.10. The SMILES string of the molecule is CCS(=O)S(=O)(=O)CC. The van der Waals surface area contributed by atoms with E-state index in [1.807, 2.05) is 0 Å². The van der Waals surface area contributed by atoms with E-state index in [0.29, 0.717) is 0 Å². The van der Waals surface area contributed by atoms with E-state index in [9.17, 15) is 12.6 Å². The van der Waals surface area contributed by atoms with E-state index in [1.54, 1.807) is 6.92 Å². The number of hydrogen-bond acceptors (Lipinski definition) is 3. The van der Waals surface area contributed by atoms with Crippen LogP contribution in [-0.2, 0) is 18.7 Å². The highest BCUT2D eigenvalue weighted by Crippen LogP contribution is 1.96. The maximum Gasteiger partial charge on any atom is 0.228 e. The highest BCUT2D eigenvalue weighted by atomic mass is 33.2. The van der Waals surface area contributed by atoms with Gasteiger partial charge >= 0.3 is 0 Å². The van der Waals surface area contributed by atoms with Crippen molar-refractivity contribution in [2.24, 2.45) is 0 Å². The molecule has 0 aliphatic heterocycles. The van der Waals surface area contributed by atoms with Crippen molar-refractivity contribution in [2.75, 3.05) is 11.5 Å². The van der Waals surface area contributed by atoms with Gasteiger partial charge in [0.2, 0.25) is 8.87 Å². The Kier molecular flexibility index (Phi) is 3.35. The van der Waals surface area contributed by atoms with Crippen LogP contribution in [0.2, 0.25) is 0 Å². The van der Waals surface area contributed by atoms with Crippen LogP contribution in [0.15, 0.2) is 0 Å². The summed E-state index contributed by atoms with van der Waals surface area (Å²) in [5, 5.41) is 0. The zero-order valence-electron chi connectivity index (χ0n) is 5.46. The molecule has 0 saturated carbocycles. The van der Waals surface area contributed by atoms with E-state index in [4.69, 9.17) is 0 Å². The van der Waals surface area contributed by atoms with Crippen LogP contribution in [0.4, 0.5) is 0 Å². The Morgan fingerprint density at radius 2 is 1.78 bits per heavy atom. The van der Waals surface area contributed by atoms with Crippen LogP contribution in [0.3, 0.4) is 0 Å². The van der Waals surface area contributed by atoms with Crippen LogP contribution in [-0.4, -0.2) is 24.1 Å². The molecule has 0 aromatic heterocycles. The van der Waals surface area contributed by atoms with Crippen LogP contribution in [0.5, 0.6) is 0 Å². The molecule has 9 heavy (non-hydrogen) atoms. The normalized spacial score (nSPS) is 15.3. The molecular weight excluding hydrogens is 160 g/mol. The average Bonchev–Trinajstić information content (AvgIpc) is 1.86. The molecule has 0 rings (SSSR count). The summed E-state index contributed by atoms with van der Waals surface area (Å²) in [6.07, 6.45) is 0. The fourth-order valence-electron chi connectivity index (χ4n) is 0.311. The molecule has 0 aliphatic carbocycles. The predicted molar refractivity (Wildman–Crippen MR) is 38.1 cm³/mol. The summed E-state index contributed by atoms with van der Waals surface area (Å²) in [7, 11) is -4.94. The Morgan fingerprint density at radius 1 is 1.33 bits per heavy atom. The Balaban J connectivity index is 4.37. The highest BCUT2D eigenvalue weighted by molar-refractivity contribution is 8.64. The molecule has 0 aromatic carbocycles. The van der Waals surface area contributed by atoms with Gasteiger partial charge in [0.15, 0.2) is 0 Å². The summed E-state index contributed by atoms with van der Waals surface area (Å²) < 4.78 is 31.8. The second-order valence-electron chi connectivity index (χ2n) is 1.44. The van der Waals surface area contributed by atoms with E-state index < -0.39 is 18.7 Å². The van der Waals surface area contributed by atoms with Gasteiger partial charge in [0.25, 0.3) is 0 Å². The van der Waals surface area contributed by atoms with Gasteiger partial charge in [0.05, 0.1) is 5.75 Å². The third kappa shape index (κ3) is 2.45. The van der Waals surface area contributed by atoms with Crippen LogP contribution in [0, 0.1) is 0 Å². The Morgan fingerprint density at radius 3 is 1.89 bits per heavy atom. The summed E-state index contributed by atoms with van der Waals surface area (Å²) in [4.78, 5) is 0. The third-order valence-electron chi connectivity index (χ3n) is 0.872. The molecule has 3 nitrogen and oxygen atoms in total. The molecule has 0 aliphatic rings. The van der Waals surface area contributed by atoms with Crippen molar-refractivity contribution >= 4 is 18.7 Å². The second kappa shape index (κ2) is 3.31. The summed E-state index contributed by atoms with van der Waals surface area (Å²) in [5.74, 6) is 0.156. The largest absolute Gasteiger partial charge is 0.243 e. The predicted octanol–water partition coefficient (Wildman–Crippen LogP) is 0.105. The van der Waals surface area contributed by atoms with Gasteiger partial charge in [0.1, 0.15) is 9.83 Å². The Labute approximate surface area is 57.2 Å². The van der Waals surface area contributed by atoms with Gasteiger partial charge in [0, 0.05) is 5.75 Å². The maximum absolute atomic E-state index is 10.6. The third-order valence-corrected chi connectivity index (χ3v) is 5.73. The molecule has 0 spiro atoms. The van der Waals surface area contributed by atoms with Gasteiger partial charge in [-0.2, -0.15) is 0 Å². The van der Waals surface area contributed by atoms with Crippen molar-refractivity contribution in [3.05, 3.63) is 0 Å². The Bertz CT molecular complexity index is 192. The van der Waals surface area contributed by atoms with E-state index in [2.05, 4.69) is 0 Å². The van der Waals surface area contributed by atoms with E-state index >= 15 is 0 Å². The van der Waals surface area contributed by atoms with Gasteiger partial charge in [-0.3, -0.25) is 0 Å². The second-order valence-corrected chi connectivity index (χ2v) is 6.96. The molecule has 0 fully saturated rings. The Hall–Kier alpha value is 0.1000. The molecule has 0 amide bonds. The summed E-state index contributed by atoms with van der Waals surface area (Å²) in [5.41, 5.74) is 0. The molecule has 5 heteroatoms. The molecular formula is C4H10O3S2. The monoisotopic (exact) mass is 170 g/mol. The average molecular weight is 170 g/mol. The minimum absolute atomic E-state index is 0.0343. The molecule has 0 N–H and O–H groups in total. The zero-order chi connectivity index (χ0) is 7.49. The molecule has 0 radical (unpaired) electrons. The fraction of sp³-hybridized carbons (Fsp3) is 1.00. The first-order valence-corrected chi connectivity index (χ1v) is 6.15. The van der Waals surface area contributed by atoms with Gasteiger partial charge in [-0.1, -0.05) is 13.8 Å². The van der Waals surface area contributed by atoms with Gasteiger partial charge in [-0.15, -0.1) is 0 Å². The van der Waals surface area contributed by atoms with Gasteiger partial charge in [-0.25, -0.2) is 12.6 Å². The molecule has 0 heterocycles. The molecule has 1 atom stereocenters. The van der Waals surface area contributed by atoms with Crippen LogP contribution in [0.25, 0.3) is 0 Å². The van der Waals surface area contributed by atoms with E-state index in [-0.39, 0.29) is 11.5 Å². The van der Waals surface area contributed by atoms with Crippen molar-refractivity contribution in [3.8, 4) is 0 Å². The first-order valence-electron chi connectivity index (χ1n) is 2.66. The summed E-state index contributed by atoms with van der Waals surface area (Å²) >= 11 is 0. The van der Waals surface area contributed by atoms with Gasteiger partial charge < -0.3 is 0 Å². The minimum atomic E-state index is -3.28. The van der Waals surface area contributed by atoms with Crippen molar-refractivity contribution in [1.82, 2.24) is 0 Å². The van der Waals surface area contributed by atoms with Crippen molar-refractivity contribution in [2.45, 2.75) is 13.8 Å². The molecule has 56 valence electrons. The van der Waals surface area contributed by atoms with Crippen LogP contribution in [0.1, 0.15) is 13.8 Å². The quantitative estimate of drug-likeness (QED) is 0.565. The van der Waals surface area contributed by atoms with E-state index in [1.165, 1.54) is 6.92 Å². The van der Waals surface area contributed by atoms with Gasteiger partial charge in [-0.05, 0) is 0 Å². The summed E-state index contributed by atoms with van der Waals surface area (Å²) in [6, 6.07) is 0. The molecule has 0 bridgehead atoms. The van der Waals surface area contributed by atoms with Crippen LogP contribution < -0.4 is 0 Å². The lowest BCUT2D eigenvalue weighted by molar-refractivity contribution is 0.607. The standard InChI is InChI=1S/C4H10O3S2/c1-3-8(5)9(6,7)4-2/h3-4H2,1-2H3. The zero-order valence-corrected chi connectivity index (χ0v) is 7.09. The fourth-order valence-corrected chi connectivity index (χ4v) is 2.80. The molecule has 1 unspecified atom stereocenters. The smallest absolute Gasteiger partial charge is 0.228 e. The maximum atomic E-state index is 10.6. The lowest BCUT2D eigenvalue weighted by Gasteiger charge is -1.94. The highest BCUT2D eigenvalue weighted by Gasteiger charge is 2.13. The number of rotatable bonds is 3. The van der Waals surface area contributed by atoms with Crippen molar-refractivity contribution < 1.29 is 12.6 Å². The lowest BCUT2D eigenvalue weighted by Crippen LogP contribution is -2.11. The van der Waals surface area contributed by atoms with Crippen molar-refractivity contribution in [3.63, 3.8) is 0 Å². The van der Waals surface area contributed by atoms with E-state index in [0.717, 1.165) is 0 Å². The molecule has 0 saturated heterocycles.